The van der Waals surface area contributed by atoms with Gasteiger partial charge in [0.25, 0.3) is 0 Å². The van der Waals surface area contributed by atoms with Crippen molar-refractivity contribution in [1.82, 2.24) is 0 Å². The van der Waals surface area contributed by atoms with Crippen LogP contribution in [0.2, 0.25) is 0 Å². The molecule has 11 heteroatoms. The molecule has 0 heterocycles. The minimum absolute atomic E-state index is 0.0442. The summed E-state index contributed by atoms with van der Waals surface area (Å²) in [7, 11) is 0. The summed E-state index contributed by atoms with van der Waals surface area (Å²) in [6.45, 7) is 0. The lowest BCUT2D eigenvalue weighted by atomic mass is 10.0. The van der Waals surface area contributed by atoms with Gasteiger partial charge in [-0.2, -0.15) is 8.78 Å². The van der Waals surface area contributed by atoms with Crippen LogP contribution in [0.1, 0.15) is 16.7 Å². The Balaban J connectivity index is 1.65. The van der Waals surface area contributed by atoms with E-state index < -0.39 is 75.1 Å². The second-order valence-electron chi connectivity index (χ2n) is 7.68. The van der Waals surface area contributed by atoms with Crippen molar-refractivity contribution < 1.29 is 48.6 Å². The molecular formula is C27H10F10O. The van der Waals surface area contributed by atoms with Crippen LogP contribution < -0.4 is 4.74 Å². The molecule has 0 bridgehead atoms. The van der Waals surface area contributed by atoms with Gasteiger partial charge in [-0.25, -0.2) is 35.1 Å². The van der Waals surface area contributed by atoms with Gasteiger partial charge in [-0.1, -0.05) is 30.0 Å². The highest BCUT2D eigenvalue weighted by atomic mass is 19.3. The average Bonchev–Trinajstić information content (AvgIpc) is 2.81. The fourth-order valence-corrected chi connectivity index (χ4v) is 3.39. The molecule has 194 valence electrons. The number of alkyl halides is 2. The van der Waals surface area contributed by atoms with Crippen LogP contribution >= 0.6 is 0 Å². The lowest BCUT2D eigenvalue weighted by molar-refractivity contribution is -0.189. The molecule has 0 unspecified atom stereocenters. The van der Waals surface area contributed by atoms with Gasteiger partial charge < -0.3 is 4.74 Å². The van der Waals surface area contributed by atoms with Crippen LogP contribution in [0.15, 0.2) is 60.7 Å². The standard InChI is InChI=1S/C27H10F10O/c28-18-4-2-1-3-16(18)14-9-19(29)17(20(30)10-14)6-5-13-7-21(31)25(22(32)8-13)27(36,37)38-15-11-23(33)26(35)24(34)12-15/h1-4,7-12H. The van der Waals surface area contributed by atoms with Crippen molar-refractivity contribution in [1.29, 1.82) is 0 Å². The molecule has 0 radical (unpaired) electrons. The summed E-state index contributed by atoms with van der Waals surface area (Å²) in [4.78, 5) is 0. The average molecular weight is 540 g/mol. The number of benzene rings is 4. The molecular weight excluding hydrogens is 530 g/mol. The quantitative estimate of drug-likeness (QED) is 0.145. The Hall–Kier alpha value is -4.46. The second kappa shape index (κ2) is 10.1. The molecule has 38 heavy (non-hydrogen) atoms. The van der Waals surface area contributed by atoms with Crippen molar-refractivity contribution in [3.05, 3.63) is 124 Å². The summed E-state index contributed by atoms with van der Waals surface area (Å²) >= 11 is 0. The van der Waals surface area contributed by atoms with Gasteiger partial charge in [0, 0.05) is 23.3 Å². The molecule has 0 atom stereocenters. The molecule has 0 spiro atoms. The molecule has 0 aliphatic heterocycles. The Morgan fingerprint density at radius 3 is 1.68 bits per heavy atom. The van der Waals surface area contributed by atoms with E-state index in [1.807, 2.05) is 11.8 Å². The van der Waals surface area contributed by atoms with Gasteiger partial charge in [-0.05, 0) is 35.9 Å². The van der Waals surface area contributed by atoms with Gasteiger partial charge in [0.05, 0.1) is 5.56 Å². The van der Waals surface area contributed by atoms with Crippen molar-refractivity contribution in [3.63, 3.8) is 0 Å². The topological polar surface area (TPSA) is 9.23 Å². The monoisotopic (exact) mass is 540 g/mol. The van der Waals surface area contributed by atoms with E-state index >= 15 is 0 Å². The molecule has 4 aromatic rings. The summed E-state index contributed by atoms with van der Waals surface area (Å²) in [5.74, 6) is -10.0. The van der Waals surface area contributed by atoms with E-state index in [0.29, 0.717) is 12.1 Å². The van der Waals surface area contributed by atoms with Gasteiger partial charge in [-0.3, -0.25) is 0 Å². The highest BCUT2D eigenvalue weighted by Crippen LogP contribution is 2.36. The highest BCUT2D eigenvalue weighted by Gasteiger charge is 2.41. The van der Waals surface area contributed by atoms with Gasteiger partial charge in [0.1, 0.15) is 40.4 Å². The number of ether oxygens (including phenoxy) is 1. The van der Waals surface area contributed by atoms with Crippen molar-refractivity contribution in [2.24, 2.45) is 0 Å². The van der Waals surface area contributed by atoms with E-state index in [2.05, 4.69) is 4.74 Å². The number of hydrogen-bond acceptors (Lipinski definition) is 1. The molecule has 0 saturated heterocycles. The first-order chi connectivity index (χ1) is 17.9. The highest BCUT2D eigenvalue weighted by molar-refractivity contribution is 5.65. The van der Waals surface area contributed by atoms with E-state index in [1.54, 1.807) is 0 Å². The van der Waals surface area contributed by atoms with Gasteiger partial charge in [0.15, 0.2) is 17.5 Å². The minimum atomic E-state index is -4.82. The van der Waals surface area contributed by atoms with Crippen LogP contribution in [0.5, 0.6) is 5.75 Å². The Labute approximate surface area is 207 Å². The zero-order chi connectivity index (χ0) is 27.8. The fourth-order valence-electron chi connectivity index (χ4n) is 3.39. The van der Waals surface area contributed by atoms with E-state index in [1.165, 1.54) is 18.2 Å². The Bertz CT molecular complexity index is 1550. The Morgan fingerprint density at radius 2 is 1.13 bits per heavy atom. The van der Waals surface area contributed by atoms with Crippen LogP contribution in [0.25, 0.3) is 11.1 Å². The number of hydrogen-bond donors (Lipinski definition) is 0. The predicted octanol–water partition coefficient (Wildman–Crippen LogP) is 7.99. The lowest BCUT2D eigenvalue weighted by Crippen LogP contribution is -2.25. The minimum Gasteiger partial charge on any atom is -0.429 e. The molecule has 0 fully saturated rings. The predicted molar refractivity (Wildman–Crippen MR) is 115 cm³/mol. The molecule has 0 aliphatic carbocycles. The number of halogens is 10. The maximum absolute atomic E-state index is 14.5. The molecule has 4 rings (SSSR count). The van der Waals surface area contributed by atoms with Crippen molar-refractivity contribution in [2.45, 2.75) is 6.11 Å². The summed E-state index contributed by atoms with van der Waals surface area (Å²) in [6.07, 6.45) is -4.82. The summed E-state index contributed by atoms with van der Waals surface area (Å²) in [5, 5.41) is 0. The molecule has 1 nitrogen and oxygen atoms in total. The van der Waals surface area contributed by atoms with Crippen molar-refractivity contribution in [3.8, 4) is 28.7 Å². The molecule has 0 N–H and O–H groups in total. The smallest absolute Gasteiger partial charge is 0.429 e. The van der Waals surface area contributed by atoms with Gasteiger partial charge in [0.2, 0.25) is 0 Å². The largest absolute Gasteiger partial charge is 0.432 e. The van der Waals surface area contributed by atoms with Crippen LogP contribution in [0.4, 0.5) is 43.9 Å². The SMILES string of the molecule is Fc1ccccc1-c1cc(F)c(C#Cc2cc(F)c(C(F)(F)Oc3cc(F)c(F)c(F)c3)c(F)c2)c(F)c1. The van der Waals surface area contributed by atoms with Gasteiger partial charge in [-0.15, -0.1) is 0 Å². The molecule has 0 aliphatic rings. The zero-order valence-electron chi connectivity index (χ0n) is 18.5. The third-order valence-electron chi connectivity index (χ3n) is 5.10. The maximum atomic E-state index is 14.5. The molecule has 4 aromatic carbocycles. The molecule has 0 amide bonds. The molecule has 0 aromatic heterocycles. The third-order valence-corrected chi connectivity index (χ3v) is 5.10. The van der Waals surface area contributed by atoms with Gasteiger partial charge >= 0.3 is 6.11 Å². The normalized spacial score (nSPS) is 11.2. The van der Waals surface area contributed by atoms with Crippen LogP contribution in [0.3, 0.4) is 0 Å². The second-order valence-corrected chi connectivity index (χ2v) is 7.68. The first kappa shape index (κ1) is 26.6. The van der Waals surface area contributed by atoms with Crippen LogP contribution in [-0.2, 0) is 6.11 Å². The van der Waals surface area contributed by atoms with E-state index in [-0.39, 0.29) is 23.3 Å². The Morgan fingerprint density at radius 1 is 0.579 bits per heavy atom. The van der Waals surface area contributed by atoms with E-state index in [9.17, 15) is 43.9 Å². The number of rotatable bonds is 4. The maximum Gasteiger partial charge on any atom is 0.432 e. The summed E-state index contributed by atoms with van der Waals surface area (Å²) in [5.41, 5.74) is -3.67. The van der Waals surface area contributed by atoms with Crippen LogP contribution in [0, 0.1) is 58.4 Å². The third kappa shape index (κ3) is 5.29. The molecule has 0 saturated carbocycles. The van der Waals surface area contributed by atoms with Crippen LogP contribution in [-0.4, -0.2) is 0 Å². The first-order valence-electron chi connectivity index (χ1n) is 10.3. The van der Waals surface area contributed by atoms with Crippen molar-refractivity contribution >= 4 is 0 Å². The summed E-state index contributed by atoms with van der Waals surface area (Å²) < 4.78 is 144. The fraction of sp³-hybridized carbons (Fsp3) is 0.0370. The van der Waals surface area contributed by atoms with Crippen molar-refractivity contribution in [2.75, 3.05) is 0 Å². The Kier molecular flexibility index (Phi) is 7.09. The summed E-state index contributed by atoms with van der Waals surface area (Å²) in [6, 6.07) is 7.45. The lowest BCUT2D eigenvalue weighted by Gasteiger charge is -2.19. The zero-order valence-corrected chi connectivity index (χ0v) is 18.5. The van der Waals surface area contributed by atoms with E-state index in [0.717, 1.165) is 18.2 Å². The first-order valence-corrected chi connectivity index (χ1v) is 10.3. The van der Waals surface area contributed by atoms with E-state index in [4.69, 9.17) is 0 Å².